The SMILES string of the molecule is Oc1c(Br)cc(Cl)cc1C=Nc1cccc(C(F)(F)F)c1. The molecule has 2 aromatic carbocycles. The number of rotatable bonds is 2. The number of phenols is 1. The largest absolute Gasteiger partial charge is 0.506 e. The van der Waals surface area contributed by atoms with Crippen LogP contribution in [0.2, 0.25) is 5.02 Å². The molecule has 0 radical (unpaired) electrons. The van der Waals surface area contributed by atoms with Crippen LogP contribution in [0, 0.1) is 0 Å². The Hall–Kier alpha value is -1.53. The second-order valence-electron chi connectivity index (χ2n) is 4.13. The molecule has 0 spiro atoms. The Morgan fingerprint density at radius 2 is 1.90 bits per heavy atom. The van der Waals surface area contributed by atoms with Crippen LogP contribution in [0.5, 0.6) is 5.75 Å². The summed E-state index contributed by atoms with van der Waals surface area (Å²) in [4.78, 5) is 3.93. The first-order chi connectivity index (χ1) is 9.77. The molecule has 2 aromatic rings. The molecule has 0 amide bonds. The predicted octanol–water partition coefficient (Wildman–Crippen LogP) is 5.58. The highest BCUT2D eigenvalue weighted by Crippen LogP contribution is 2.32. The van der Waals surface area contributed by atoms with E-state index in [0.29, 0.717) is 15.1 Å². The lowest BCUT2D eigenvalue weighted by Crippen LogP contribution is -2.03. The minimum atomic E-state index is -4.42. The molecule has 0 aromatic heterocycles. The summed E-state index contributed by atoms with van der Waals surface area (Å²) in [6.45, 7) is 0. The van der Waals surface area contributed by atoms with E-state index in [1.807, 2.05) is 0 Å². The second kappa shape index (κ2) is 6.07. The molecule has 0 saturated heterocycles. The van der Waals surface area contributed by atoms with Gasteiger partial charge in [-0.2, -0.15) is 13.2 Å². The van der Waals surface area contributed by atoms with Gasteiger partial charge in [0.2, 0.25) is 0 Å². The highest BCUT2D eigenvalue weighted by molar-refractivity contribution is 9.10. The molecule has 7 heteroatoms. The van der Waals surface area contributed by atoms with Gasteiger partial charge in [0, 0.05) is 16.8 Å². The molecule has 21 heavy (non-hydrogen) atoms. The molecule has 0 heterocycles. The Balaban J connectivity index is 2.34. The number of phenolic OH excluding ortho intramolecular Hbond substituents is 1. The maximum atomic E-state index is 12.6. The van der Waals surface area contributed by atoms with Crippen LogP contribution in [0.25, 0.3) is 0 Å². The quantitative estimate of drug-likeness (QED) is 0.680. The second-order valence-corrected chi connectivity index (χ2v) is 5.42. The number of hydrogen-bond donors (Lipinski definition) is 1. The monoisotopic (exact) mass is 377 g/mol. The van der Waals surface area contributed by atoms with Crippen LogP contribution in [0.3, 0.4) is 0 Å². The van der Waals surface area contributed by atoms with Crippen molar-refractivity contribution in [2.45, 2.75) is 6.18 Å². The number of aromatic hydroxyl groups is 1. The molecule has 110 valence electrons. The van der Waals surface area contributed by atoms with E-state index in [1.165, 1.54) is 30.5 Å². The number of aliphatic imine (C=N–C) groups is 1. The van der Waals surface area contributed by atoms with Crippen molar-refractivity contribution in [3.63, 3.8) is 0 Å². The van der Waals surface area contributed by atoms with Gasteiger partial charge in [0.1, 0.15) is 5.75 Å². The van der Waals surface area contributed by atoms with Gasteiger partial charge in [-0.3, -0.25) is 4.99 Å². The van der Waals surface area contributed by atoms with E-state index in [4.69, 9.17) is 11.6 Å². The predicted molar refractivity (Wildman–Crippen MR) is 79.5 cm³/mol. The van der Waals surface area contributed by atoms with E-state index in [1.54, 1.807) is 0 Å². The lowest BCUT2D eigenvalue weighted by atomic mass is 10.2. The summed E-state index contributed by atoms with van der Waals surface area (Å²) < 4.78 is 38.1. The normalized spacial score (nSPS) is 12.0. The molecule has 2 nitrogen and oxygen atoms in total. The average Bonchev–Trinajstić information content (AvgIpc) is 2.40. The summed E-state index contributed by atoms with van der Waals surface area (Å²) in [5.41, 5.74) is -0.360. The zero-order chi connectivity index (χ0) is 15.6. The molecular formula is C14H8BrClF3NO. The average molecular weight is 379 g/mol. The van der Waals surface area contributed by atoms with Crippen molar-refractivity contribution >= 4 is 39.4 Å². The smallest absolute Gasteiger partial charge is 0.416 e. The van der Waals surface area contributed by atoms with Crippen molar-refractivity contribution in [3.05, 3.63) is 57.0 Å². The fourth-order valence-corrected chi connectivity index (χ4v) is 2.42. The van der Waals surface area contributed by atoms with Crippen LogP contribution in [0.15, 0.2) is 45.9 Å². The van der Waals surface area contributed by atoms with Crippen LogP contribution in [0.4, 0.5) is 18.9 Å². The van der Waals surface area contributed by atoms with Gasteiger partial charge in [-0.1, -0.05) is 17.7 Å². The lowest BCUT2D eigenvalue weighted by Gasteiger charge is -2.06. The molecule has 0 aliphatic rings. The van der Waals surface area contributed by atoms with Crippen molar-refractivity contribution in [3.8, 4) is 5.75 Å². The van der Waals surface area contributed by atoms with Crippen molar-refractivity contribution in [1.82, 2.24) is 0 Å². The summed E-state index contributed by atoms with van der Waals surface area (Å²) in [6.07, 6.45) is -3.17. The maximum Gasteiger partial charge on any atom is 0.416 e. The summed E-state index contributed by atoms with van der Waals surface area (Å²) >= 11 is 8.95. The van der Waals surface area contributed by atoms with Crippen molar-refractivity contribution in [1.29, 1.82) is 0 Å². The number of benzene rings is 2. The summed E-state index contributed by atoms with van der Waals surface area (Å²) in [6, 6.07) is 7.54. The molecule has 0 bridgehead atoms. The van der Waals surface area contributed by atoms with Gasteiger partial charge in [-0.15, -0.1) is 0 Å². The topological polar surface area (TPSA) is 32.6 Å². The van der Waals surface area contributed by atoms with Gasteiger partial charge >= 0.3 is 6.18 Å². The Bertz CT molecular complexity index is 701. The van der Waals surface area contributed by atoms with Gasteiger partial charge in [0.25, 0.3) is 0 Å². The zero-order valence-electron chi connectivity index (χ0n) is 10.3. The Morgan fingerprint density at radius 1 is 1.19 bits per heavy atom. The van der Waals surface area contributed by atoms with Crippen LogP contribution >= 0.6 is 27.5 Å². The number of nitrogens with zero attached hydrogens (tertiary/aromatic N) is 1. The molecule has 0 aliphatic heterocycles. The first-order valence-electron chi connectivity index (χ1n) is 5.67. The van der Waals surface area contributed by atoms with E-state index in [9.17, 15) is 18.3 Å². The summed E-state index contributed by atoms with van der Waals surface area (Å²) in [5.74, 6) is -0.0878. The molecule has 0 atom stereocenters. The molecule has 0 fully saturated rings. The van der Waals surface area contributed by atoms with Gasteiger partial charge < -0.3 is 5.11 Å². The van der Waals surface area contributed by atoms with Gasteiger partial charge in [0.05, 0.1) is 15.7 Å². The van der Waals surface area contributed by atoms with Gasteiger partial charge in [-0.05, 0) is 46.3 Å². The number of hydrogen-bond acceptors (Lipinski definition) is 2. The number of alkyl halides is 3. The standard InChI is InChI=1S/C14H8BrClF3NO/c15-12-6-10(16)4-8(13(12)21)7-20-11-3-1-2-9(5-11)14(17,18)19/h1-7,21H. The number of halogens is 5. The highest BCUT2D eigenvalue weighted by atomic mass is 79.9. The van der Waals surface area contributed by atoms with Crippen LogP contribution in [-0.4, -0.2) is 11.3 Å². The van der Waals surface area contributed by atoms with Gasteiger partial charge in [-0.25, -0.2) is 0 Å². The highest BCUT2D eigenvalue weighted by Gasteiger charge is 2.30. The molecule has 2 rings (SSSR count). The zero-order valence-corrected chi connectivity index (χ0v) is 12.7. The van der Waals surface area contributed by atoms with Crippen LogP contribution in [-0.2, 0) is 6.18 Å². The Morgan fingerprint density at radius 3 is 2.57 bits per heavy atom. The minimum Gasteiger partial charge on any atom is -0.506 e. The third-order valence-electron chi connectivity index (χ3n) is 2.58. The summed E-state index contributed by atoms with van der Waals surface area (Å²) in [5, 5.41) is 10.2. The first kappa shape index (κ1) is 15.9. The lowest BCUT2D eigenvalue weighted by molar-refractivity contribution is -0.137. The molecule has 0 aliphatic carbocycles. The third kappa shape index (κ3) is 3.98. The molecule has 1 N–H and O–H groups in total. The maximum absolute atomic E-state index is 12.6. The van der Waals surface area contributed by atoms with Crippen molar-refractivity contribution in [2.24, 2.45) is 4.99 Å². The summed E-state index contributed by atoms with van der Waals surface area (Å²) in [7, 11) is 0. The molecule has 0 unspecified atom stereocenters. The van der Waals surface area contributed by atoms with E-state index in [-0.39, 0.29) is 11.4 Å². The molecule has 0 saturated carbocycles. The van der Waals surface area contributed by atoms with E-state index in [2.05, 4.69) is 20.9 Å². The fourth-order valence-electron chi connectivity index (χ4n) is 1.59. The van der Waals surface area contributed by atoms with Gasteiger partial charge in [0.15, 0.2) is 0 Å². The minimum absolute atomic E-state index is 0.0878. The van der Waals surface area contributed by atoms with Crippen molar-refractivity contribution in [2.75, 3.05) is 0 Å². The fraction of sp³-hybridized carbons (Fsp3) is 0.0714. The third-order valence-corrected chi connectivity index (χ3v) is 3.41. The van der Waals surface area contributed by atoms with Crippen LogP contribution in [0.1, 0.15) is 11.1 Å². The molecular weight excluding hydrogens is 371 g/mol. The van der Waals surface area contributed by atoms with Crippen molar-refractivity contribution < 1.29 is 18.3 Å². The Labute approximate surface area is 132 Å². The van der Waals surface area contributed by atoms with Crippen LogP contribution < -0.4 is 0 Å². The van der Waals surface area contributed by atoms with E-state index in [0.717, 1.165) is 12.1 Å². The van der Waals surface area contributed by atoms with E-state index < -0.39 is 11.7 Å². The van der Waals surface area contributed by atoms with E-state index >= 15 is 0 Å². The Kier molecular flexibility index (Phi) is 4.58. The first-order valence-corrected chi connectivity index (χ1v) is 6.84.